The molecule has 1 fully saturated rings. The zero-order chi connectivity index (χ0) is 12.1. The molecule has 0 amide bonds. The first-order chi connectivity index (χ1) is 8.29. The molecule has 0 spiro atoms. The molecule has 0 aromatic carbocycles. The van der Waals surface area contributed by atoms with E-state index in [2.05, 4.69) is 27.7 Å². The average Bonchev–Trinajstić information content (AvgIpc) is 2.75. The summed E-state index contributed by atoms with van der Waals surface area (Å²) in [5.74, 6) is 0.729. The Balaban J connectivity index is 1.95. The van der Waals surface area contributed by atoms with Crippen LogP contribution in [-0.4, -0.2) is 58.7 Å². The van der Waals surface area contributed by atoms with Crippen LogP contribution in [0.2, 0.25) is 0 Å². The zero-order valence-corrected chi connectivity index (χ0v) is 10.3. The minimum atomic E-state index is 0.0625. The molecule has 0 saturated carbocycles. The average molecular weight is 241 g/mol. The molecule has 1 aromatic rings. The van der Waals surface area contributed by atoms with E-state index in [1.165, 1.54) is 4.80 Å². The molecule has 2 heterocycles. The van der Waals surface area contributed by atoms with Crippen molar-refractivity contribution in [2.75, 3.05) is 26.4 Å². The van der Waals surface area contributed by atoms with Gasteiger partial charge >= 0.3 is 0 Å². The van der Waals surface area contributed by atoms with E-state index in [-0.39, 0.29) is 12.1 Å². The molecule has 2 atom stereocenters. The first kappa shape index (κ1) is 12.4. The molecule has 17 heavy (non-hydrogen) atoms. The van der Waals surface area contributed by atoms with Gasteiger partial charge in [-0.3, -0.25) is 0 Å². The third-order valence-corrected chi connectivity index (χ3v) is 2.71. The van der Waals surface area contributed by atoms with Gasteiger partial charge in [0.2, 0.25) is 0 Å². The summed E-state index contributed by atoms with van der Waals surface area (Å²) in [5.41, 5.74) is 0. The van der Waals surface area contributed by atoms with E-state index in [1.807, 2.05) is 0 Å². The number of aryl methyl sites for hydroxylation is 1. The van der Waals surface area contributed by atoms with E-state index in [4.69, 9.17) is 9.47 Å². The van der Waals surface area contributed by atoms with E-state index in [0.717, 1.165) is 12.4 Å². The van der Waals surface area contributed by atoms with Gasteiger partial charge in [-0.25, -0.2) is 0 Å². The highest BCUT2D eigenvalue weighted by molar-refractivity contribution is 4.89. The van der Waals surface area contributed by atoms with E-state index >= 15 is 0 Å². The highest BCUT2D eigenvalue weighted by Gasteiger charge is 2.26. The normalized spacial score (nSPS) is 22.6. The van der Waals surface area contributed by atoms with Crippen molar-refractivity contribution in [1.29, 1.82) is 0 Å². The molecule has 1 aromatic heterocycles. The number of ether oxygens (including phenoxy) is 2. The molecular weight excluding hydrogens is 222 g/mol. The first-order valence-electron chi connectivity index (χ1n) is 5.95. The number of likely N-dealkylation sites (N-methyl/N-ethyl adjacent to an activating group) is 1. The predicted octanol–water partition coefficient (Wildman–Crippen LogP) is -0.854. The van der Waals surface area contributed by atoms with Gasteiger partial charge in [0, 0.05) is 12.5 Å². The van der Waals surface area contributed by atoms with Crippen LogP contribution >= 0.6 is 0 Å². The molecule has 7 nitrogen and oxygen atoms in total. The Bertz CT molecular complexity index is 337. The number of nitrogens with zero attached hydrogens (tertiary/aromatic N) is 4. The first-order valence-corrected chi connectivity index (χ1v) is 5.95. The molecular formula is C10H19N5O2. The van der Waals surface area contributed by atoms with Gasteiger partial charge in [0.25, 0.3) is 0 Å². The second-order valence-electron chi connectivity index (χ2n) is 4.05. The van der Waals surface area contributed by atoms with Crippen molar-refractivity contribution in [1.82, 2.24) is 25.5 Å². The van der Waals surface area contributed by atoms with Crippen molar-refractivity contribution in [3.63, 3.8) is 0 Å². The lowest BCUT2D eigenvalue weighted by molar-refractivity contribution is -0.101. The summed E-state index contributed by atoms with van der Waals surface area (Å²) in [6.45, 7) is 4.91. The molecule has 2 unspecified atom stereocenters. The maximum atomic E-state index is 5.70. The lowest BCUT2D eigenvalue weighted by Crippen LogP contribution is -2.48. The van der Waals surface area contributed by atoms with E-state index < -0.39 is 0 Å². The summed E-state index contributed by atoms with van der Waals surface area (Å²) in [4.78, 5) is 1.47. The van der Waals surface area contributed by atoms with Crippen LogP contribution in [0.5, 0.6) is 0 Å². The molecule has 7 heteroatoms. The second-order valence-corrected chi connectivity index (χ2v) is 4.05. The van der Waals surface area contributed by atoms with Gasteiger partial charge in [0.15, 0.2) is 5.82 Å². The minimum Gasteiger partial charge on any atom is -0.376 e. The molecule has 0 aliphatic carbocycles. The van der Waals surface area contributed by atoms with E-state index in [1.54, 1.807) is 7.05 Å². The zero-order valence-electron chi connectivity index (χ0n) is 10.3. The Morgan fingerprint density at radius 3 is 3.00 bits per heavy atom. The Kier molecular flexibility index (Phi) is 4.41. The molecule has 0 bridgehead atoms. The number of hydrogen-bond acceptors (Lipinski definition) is 6. The van der Waals surface area contributed by atoms with Crippen LogP contribution in [0.4, 0.5) is 0 Å². The number of nitrogens with one attached hydrogen (secondary N) is 1. The summed E-state index contributed by atoms with van der Waals surface area (Å²) in [5, 5.41) is 15.4. The summed E-state index contributed by atoms with van der Waals surface area (Å²) < 4.78 is 11.1. The number of rotatable bonds is 5. The largest absolute Gasteiger partial charge is 0.376 e. The quantitative estimate of drug-likeness (QED) is 0.723. The van der Waals surface area contributed by atoms with Crippen LogP contribution in [0, 0.1) is 0 Å². The van der Waals surface area contributed by atoms with Gasteiger partial charge in [-0.2, -0.15) is 4.80 Å². The van der Waals surface area contributed by atoms with Gasteiger partial charge in [-0.1, -0.05) is 6.92 Å². The lowest BCUT2D eigenvalue weighted by Gasteiger charge is -2.30. The van der Waals surface area contributed by atoms with Crippen molar-refractivity contribution < 1.29 is 9.47 Å². The van der Waals surface area contributed by atoms with Crippen molar-refractivity contribution >= 4 is 0 Å². The molecule has 1 saturated heterocycles. The monoisotopic (exact) mass is 241 g/mol. The third-order valence-electron chi connectivity index (χ3n) is 2.71. The Morgan fingerprint density at radius 1 is 1.53 bits per heavy atom. The summed E-state index contributed by atoms with van der Waals surface area (Å²) in [7, 11) is 1.76. The second kappa shape index (κ2) is 6.04. The van der Waals surface area contributed by atoms with Crippen molar-refractivity contribution in [3.05, 3.63) is 5.82 Å². The summed E-state index contributed by atoms with van der Waals surface area (Å²) >= 11 is 0. The summed E-state index contributed by atoms with van der Waals surface area (Å²) in [6.07, 6.45) is 0.767. The number of tetrazole rings is 1. The molecule has 1 N–H and O–H groups in total. The van der Waals surface area contributed by atoms with E-state index in [9.17, 15) is 0 Å². The Labute approximate surface area is 100 Å². The van der Waals surface area contributed by atoms with Crippen LogP contribution in [0.1, 0.15) is 12.7 Å². The molecule has 1 aliphatic rings. The Hall–Kier alpha value is -1.05. The van der Waals surface area contributed by atoms with Crippen LogP contribution in [-0.2, 0) is 22.9 Å². The maximum absolute atomic E-state index is 5.70. The standard InChI is InChI=1S/C10H19N5O2/c1-3-11-8(9-7-16-4-5-17-9)6-10-12-14-15(2)13-10/h8-9,11H,3-7H2,1-2H3. The van der Waals surface area contributed by atoms with Crippen molar-refractivity contribution in [2.24, 2.45) is 7.05 Å². The molecule has 0 radical (unpaired) electrons. The molecule has 1 aliphatic heterocycles. The fraction of sp³-hybridized carbons (Fsp3) is 0.900. The van der Waals surface area contributed by atoms with Gasteiger partial charge in [0.05, 0.1) is 33.0 Å². The number of aromatic nitrogens is 4. The maximum Gasteiger partial charge on any atom is 0.176 e. The van der Waals surface area contributed by atoms with Gasteiger partial charge < -0.3 is 14.8 Å². The minimum absolute atomic E-state index is 0.0625. The third kappa shape index (κ3) is 3.45. The van der Waals surface area contributed by atoms with Crippen molar-refractivity contribution in [2.45, 2.75) is 25.5 Å². The highest BCUT2D eigenvalue weighted by atomic mass is 16.6. The summed E-state index contributed by atoms with van der Waals surface area (Å²) in [6, 6.07) is 0.171. The predicted molar refractivity (Wildman–Crippen MR) is 60.5 cm³/mol. The van der Waals surface area contributed by atoms with Gasteiger partial charge in [-0.15, -0.1) is 10.2 Å². The van der Waals surface area contributed by atoms with Gasteiger partial charge in [-0.05, 0) is 11.8 Å². The highest BCUT2D eigenvalue weighted by Crippen LogP contribution is 2.09. The van der Waals surface area contributed by atoms with Crippen LogP contribution < -0.4 is 5.32 Å². The fourth-order valence-corrected chi connectivity index (χ4v) is 1.94. The SMILES string of the molecule is CCNC(Cc1nnn(C)n1)C1COCCO1. The number of hydrogen-bond donors (Lipinski definition) is 1. The van der Waals surface area contributed by atoms with Crippen LogP contribution in [0.15, 0.2) is 0 Å². The van der Waals surface area contributed by atoms with Crippen molar-refractivity contribution in [3.8, 4) is 0 Å². The molecule has 96 valence electrons. The lowest BCUT2D eigenvalue weighted by atomic mass is 10.1. The van der Waals surface area contributed by atoms with E-state index in [0.29, 0.717) is 26.2 Å². The fourth-order valence-electron chi connectivity index (χ4n) is 1.94. The topological polar surface area (TPSA) is 74.1 Å². The van der Waals surface area contributed by atoms with Crippen LogP contribution in [0.25, 0.3) is 0 Å². The molecule has 2 rings (SSSR count). The Morgan fingerprint density at radius 2 is 2.41 bits per heavy atom. The van der Waals surface area contributed by atoms with Crippen LogP contribution in [0.3, 0.4) is 0 Å². The van der Waals surface area contributed by atoms with Gasteiger partial charge in [0.1, 0.15) is 0 Å². The smallest absolute Gasteiger partial charge is 0.176 e.